The summed E-state index contributed by atoms with van der Waals surface area (Å²) in [4.78, 5) is 17.4. The molecule has 4 heteroatoms. The molecular formula is C12H16N2O2. The highest BCUT2D eigenvalue weighted by Crippen LogP contribution is 2.28. The third-order valence-corrected chi connectivity index (χ3v) is 2.48. The first-order chi connectivity index (χ1) is 7.58. The third-order valence-electron chi connectivity index (χ3n) is 2.48. The van der Waals surface area contributed by atoms with Gasteiger partial charge in [-0.25, -0.2) is 4.98 Å². The van der Waals surface area contributed by atoms with E-state index >= 15 is 0 Å². The van der Waals surface area contributed by atoms with Crippen molar-refractivity contribution in [2.45, 2.75) is 25.9 Å². The SMILES string of the molecule is Cc1nc(C(=O)N(C)C)ccc1OC1CC1. The zero-order valence-corrected chi connectivity index (χ0v) is 9.86. The molecule has 1 aliphatic carbocycles. The maximum atomic E-state index is 11.7. The number of aryl methyl sites for hydroxylation is 1. The van der Waals surface area contributed by atoms with E-state index in [1.54, 1.807) is 20.2 Å². The second kappa shape index (κ2) is 4.12. The molecule has 1 amide bonds. The molecule has 16 heavy (non-hydrogen) atoms. The number of nitrogens with zero attached hydrogens (tertiary/aromatic N) is 2. The van der Waals surface area contributed by atoms with Gasteiger partial charge in [0.1, 0.15) is 11.4 Å². The molecule has 1 saturated carbocycles. The number of carbonyl (C=O) groups excluding carboxylic acids is 1. The third kappa shape index (κ3) is 2.32. The molecule has 1 aliphatic rings. The van der Waals surface area contributed by atoms with Crippen molar-refractivity contribution in [1.29, 1.82) is 0 Å². The summed E-state index contributed by atoms with van der Waals surface area (Å²) in [5.74, 6) is 0.707. The highest BCUT2D eigenvalue weighted by molar-refractivity contribution is 5.92. The van der Waals surface area contributed by atoms with Crippen LogP contribution in [0.2, 0.25) is 0 Å². The Hall–Kier alpha value is -1.58. The normalized spacial score (nSPS) is 14.7. The molecule has 1 aromatic heterocycles. The van der Waals surface area contributed by atoms with Crippen molar-refractivity contribution in [2.24, 2.45) is 0 Å². The average molecular weight is 220 g/mol. The standard InChI is InChI=1S/C12H16N2O2/c1-8-11(16-9-4-5-9)7-6-10(13-8)12(15)14(2)3/h6-7,9H,4-5H2,1-3H3. The Kier molecular flexibility index (Phi) is 2.81. The van der Waals surface area contributed by atoms with Crippen LogP contribution in [0.5, 0.6) is 5.75 Å². The van der Waals surface area contributed by atoms with Gasteiger partial charge in [0.25, 0.3) is 5.91 Å². The van der Waals surface area contributed by atoms with E-state index in [1.165, 1.54) is 4.90 Å². The van der Waals surface area contributed by atoms with E-state index in [9.17, 15) is 4.79 Å². The number of rotatable bonds is 3. The lowest BCUT2D eigenvalue weighted by atomic mass is 10.2. The van der Waals surface area contributed by atoms with Crippen LogP contribution in [0.4, 0.5) is 0 Å². The number of ether oxygens (including phenoxy) is 1. The zero-order chi connectivity index (χ0) is 11.7. The highest BCUT2D eigenvalue weighted by atomic mass is 16.5. The molecule has 1 fully saturated rings. The van der Waals surface area contributed by atoms with Crippen molar-refractivity contribution in [3.05, 3.63) is 23.5 Å². The van der Waals surface area contributed by atoms with Gasteiger partial charge < -0.3 is 9.64 Å². The van der Waals surface area contributed by atoms with Crippen LogP contribution in [-0.4, -0.2) is 36.0 Å². The van der Waals surface area contributed by atoms with E-state index < -0.39 is 0 Å². The molecule has 0 aliphatic heterocycles. The molecule has 2 rings (SSSR count). The molecule has 0 aromatic carbocycles. The van der Waals surface area contributed by atoms with Crippen molar-refractivity contribution >= 4 is 5.91 Å². The largest absolute Gasteiger partial charge is 0.489 e. The molecule has 0 spiro atoms. The first-order valence-electron chi connectivity index (χ1n) is 5.44. The Labute approximate surface area is 95.2 Å². The molecule has 0 saturated heterocycles. The fourth-order valence-electron chi connectivity index (χ4n) is 1.39. The van der Waals surface area contributed by atoms with Gasteiger partial charge in [-0.05, 0) is 31.9 Å². The van der Waals surface area contributed by atoms with E-state index in [1.807, 2.05) is 13.0 Å². The smallest absolute Gasteiger partial charge is 0.271 e. The lowest BCUT2D eigenvalue weighted by Gasteiger charge is -2.12. The number of aromatic nitrogens is 1. The molecule has 0 N–H and O–H groups in total. The number of hydrogen-bond acceptors (Lipinski definition) is 3. The van der Waals surface area contributed by atoms with Crippen LogP contribution in [0.1, 0.15) is 29.0 Å². The lowest BCUT2D eigenvalue weighted by Crippen LogP contribution is -2.23. The molecule has 0 radical (unpaired) electrons. The van der Waals surface area contributed by atoms with Gasteiger partial charge in [-0.3, -0.25) is 4.79 Å². The molecule has 1 aromatic rings. The summed E-state index contributed by atoms with van der Waals surface area (Å²) in [6, 6.07) is 3.55. The van der Waals surface area contributed by atoms with Gasteiger partial charge in [0.15, 0.2) is 0 Å². The van der Waals surface area contributed by atoms with Crippen LogP contribution in [0.3, 0.4) is 0 Å². The first kappa shape index (κ1) is 10.9. The number of carbonyl (C=O) groups is 1. The van der Waals surface area contributed by atoms with Gasteiger partial charge in [-0.1, -0.05) is 0 Å². The molecule has 86 valence electrons. The van der Waals surface area contributed by atoms with Crippen molar-refractivity contribution in [2.75, 3.05) is 14.1 Å². The number of pyridine rings is 1. The van der Waals surface area contributed by atoms with Gasteiger partial charge in [0.2, 0.25) is 0 Å². The summed E-state index contributed by atoms with van der Waals surface area (Å²) >= 11 is 0. The van der Waals surface area contributed by atoms with E-state index in [2.05, 4.69) is 4.98 Å². The van der Waals surface area contributed by atoms with Crippen LogP contribution >= 0.6 is 0 Å². The summed E-state index contributed by atoms with van der Waals surface area (Å²) in [6.07, 6.45) is 2.60. The second-order valence-corrected chi connectivity index (χ2v) is 4.30. The minimum atomic E-state index is -0.0823. The second-order valence-electron chi connectivity index (χ2n) is 4.30. The van der Waals surface area contributed by atoms with Crippen LogP contribution in [0.25, 0.3) is 0 Å². The highest BCUT2D eigenvalue weighted by Gasteiger charge is 2.24. The van der Waals surface area contributed by atoms with Gasteiger partial charge >= 0.3 is 0 Å². The fraction of sp³-hybridized carbons (Fsp3) is 0.500. The van der Waals surface area contributed by atoms with Gasteiger partial charge in [0.05, 0.1) is 11.8 Å². The fourth-order valence-corrected chi connectivity index (χ4v) is 1.39. The van der Waals surface area contributed by atoms with Crippen molar-refractivity contribution in [1.82, 2.24) is 9.88 Å². The molecule has 0 unspecified atom stereocenters. The van der Waals surface area contributed by atoms with Crippen LogP contribution < -0.4 is 4.74 Å². The van der Waals surface area contributed by atoms with Gasteiger partial charge in [-0.2, -0.15) is 0 Å². The maximum Gasteiger partial charge on any atom is 0.271 e. The van der Waals surface area contributed by atoms with Crippen LogP contribution in [-0.2, 0) is 0 Å². The average Bonchev–Trinajstić information content (AvgIpc) is 3.03. The predicted molar refractivity (Wildman–Crippen MR) is 60.6 cm³/mol. The van der Waals surface area contributed by atoms with E-state index in [0.29, 0.717) is 11.8 Å². The molecule has 4 nitrogen and oxygen atoms in total. The Morgan fingerprint density at radius 2 is 2.12 bits per heavy atom. The minimum absolute atomic E-state index is 0.0823. The topological polar surface area (TPSA) is 42.4 Å². The minimum Gasteiger partial charge on any atom is -0.489 e. The molecule has 1 heterocycles. The number of hydrogen-bond donors (Lipinski definition) is 0. The Bertz CT molecular complexity index is 411. The number of amides is 1. The summed E-state index contributed by atoms with van der Waals surface area (Å²) in [5.41, 5.74) is 1.24. The van der Waals surface area contributed by atoms with E-state index in [-0.39, 0.29) is 5.91 Å². The zero-order valence-electron chi connectivity index (χ0n) is 9.86. The monoisotopic (exact) mass is 220 g/mol. The van der Waals surface area contributed by atoms with Gasteiger partial charge in [-0.15, -0.1) is 0 Å². The van der Waals surface area contributed by atoms with E-state index in [0.717, 1.165) is 24.3 Å². The lowest BCUT2D eigenvalue weighted by molar-refractivity contribution is 0.0821. The summed E-state index contributed by atoms with van der Waals surface area (Å²) < 4.78 is 5.66. The van der Waals surface area contributed by atoms with Crippen molar-refractivity contribution in [3.63, 3.8) is 0 Å². The van der Waals surface area contributed by atoms with E-state index in [4.69, 9.17) is 4.74 Å². The predicted octanol–water partition coefficient (Wildman–Crippen LogP) is 1.63. The van der Waals surface area contributed by atoms with Crippen molar-refractivity contribution in [3.8, 4) is 5.75 Å². The summed E-state index contributed by atoms with van der Waals surface area (Å²) in [7, 11) is 3.43. The van der Waals surface area contributed by atoms with Gasteiger partial charge in [0, 0.05) is 14.1 Å². The van der Waals surface area contributed by atoms with Crippen molar-refractivity contribution < 1.29 is 9.53 Å². The van der Waals surface area contributed by atoms with Crippen LogP contribution in [0, 0.1) is 6.92 Å². The Morgan fingerprint density at radius 3 is 2.62 bits per heavy atom. The Morgan fingerprint density at radius 1 is 1.44 bits per heavy atom. The summed E-state index contributed by atoms with van der Waals surface area (Å²) in [5, 5.41) is 0. The van der Waals surface area contributed by atoms with Crippen LogP contribution in [0.15, 0.2) is 12.1 Å². The molecule has 0 bridgehead atoms. The first-order valence-corrected chi connectivity index (χ1v) is 5.44. The Balaban J connectivity index is 2.17. The molecule has 0 atom stereocenters. The maximum absolute atomic E-state index is 11.7. The summed E-state index contributed by atoms with van der Waals surface area (Å²) in [6.45, 7) is 1.87. The molecular weight excluding hydrogens is 204 g/mol. The quantitative estimate of drug-likeness (QED) is 0.777.